The maximum atomic E-state index is 11.4. The molecule has 0 spiro atoms. The lowest BCUT2D eigenvalue weighted by Gasteiger charge is -2.18. The number of aromatic hydroxyl groups is 2. The Bertz CT molecular complexity index is 1260. The van der Waals surface area contributed by atoms with Crippen LogP contribution >= 0.6 is 0 Å². The maximum Gasteiger partial charge on any atom is 0.272 e. The molecule has 0 heterocycles. The fourth-order valence-electron chi connectivity index (χ4n) is 3.55. The summed E-state index contributed by atoms with van der Waals surface area (Å²) in [6, 6.07) is 11.2. The van der Waals surface area contributed by atoms with Gasteiger partial charge in [0.25, 0.3) is 5.69 Å². The first kappa shape index (κ1) is 24.4. The zero-order valence-electron chi connectivity index (χ0n) is 19.7. The van der Waals surface area contributed by atoms with Crippen molar-refractivity contribution < 1.29 is 29.3 Å². The molecule has 0 aliphatic carbocycles. The van der Waals surface area contributed by atoms with Gasteiger partial charge in [0.2, 0.25) is 0 Å². The van der Waals surface area contributed by atoms with Gasteiger partial charge in [-0.3, -0.25) is 10.1 Å². The fraction of sp³-hybridized carbons (Fsp3) is 0.231. The second kappa shape index (κ2) is 10.2. The highest BCUT2D eigenvalue weighted by atomic mass is 16.6. The molecule has 0 unspecified atom stereocenters. The normalized spacial score (nSPS) is 10.5. The van der Waals surface area contributed by atoms with Crippen molar-refractivity contribution in [3.63, 3.8) is 0 Å². The van der Waals surface area contributed by atoms with Gasteiger partial charge >= 0.3 is 0 Å². The summed E-state index contributed by atoms with van der Waals surface area (Å²) in [5.41, 5.74) is 3.25. The number of rotatable bonds is 8. The molecule has 0 radical (unpaired) electrons. The summed E-state index contributed by atoms with van der Waals surface area (Å²) in [7, 11) is 2.85. The lowest BCUT2D eigenvalue weighted by molar-refractivity contribution is -0.385. The summed E-state index contributed by atoms with van der Waals surface area (Å²) < 4.78 is 16.6. The van der Waals surface area contributed by atoms with Gasteiger partial charge in [-0.2, -0.15) is 0 Å². The first-order valence-corrected chi connectivity index (χ1v) is 10.5. The van der Waals surface area contributed by atoms with Crippen LogP contribution in [0.25, 0.3) is 22.3 Å². The van der Waals surface area contributed by atoms with Crippen LogP contribution in [-0.4, -0.2) is 36.0 Å². The molecule has 178 valence electrons. The standard InChI is InChI=1S/C26H27NO7/c1-15(2)10-11-34-22-9-8-18(13-21(22)28)24-23(32-4)14-19(26(33-5)25(24)29)17-7-6-16(3)20(12-17)27(30)31/h6-10,12-14,28-29H,11H2,1-5H3. The minimum atomic E-state index is -0.458. The van der Waals surface area contributed by atoms with E-state index in [1.807, 2.05) is 19.9 Å². The fourth-order valence-corrected chi connectivity index (χ4v) is 3.55. The second-order valence-corrected chi connectivity index (χ2v) is 7.92. The highest BCUT2D eigenvalue weighted by Gasteiger charge is 2.24. The molecule has 3 aromatic carbocycles. The van der Waals surface area contributed by atoms with Crippen LogP contribution in [0.4, 0.5) is 5.69 Å². The topological polar surface area (TPSA) is 111 Å². The Labute approximate surface area is 197 Å². The number of allylic oxidation sites excluding steroid dienone is 1. The Kier molecular flexibility index (Phi) is 7.31. The number of nitrogens with zero attached hydrogens (tertiary/aromatic N) is 1. The molecule has 2 N–H and O–H groups in total. The molecule has 0 aliphatic rings. The lowest BCUT2D eigenvalue weighted by Crippen LogP contribution is -1.98. The molecule has 8 heteroatoms. The number of methoxy groups -OCH3 is 2. The van der Waals surface area contributed by atoms with Crippen LogP contribution in [0, 0.1) is 17.0 Å². The van der Waals surface area contributed by atoms with E-state index < -0.39 is 4.92 Å². The van der Waals surface area contributed by atoms with Crippen LogP contribution in [-0.2, 0) is 0 Å². The van der Waals surface area contributed by atoms with Crippen molar-refractivity contribution >= 4 is 5.69 Å². The largest absolute Gasteiger partial charge is 0.504 e. The third-order valence-corrected chi connectivity index (χ3v) is 5.34. The average Bonchev–Trinajstić information content (AvgIpc) is 2.79. The number of aryl methyl sites for hydroxylation is 1. The highest BCUT2D eigenvalue weighted by molar-refractivity contribution is 5.88. The summed E-state index contributed by atoms with van der Waals surface area (Å²) in [6.07, 6.45) is 1.89. The van der Waals surface area contributed by atoms with E-state index in [9.17, 15) is 20.3 Å². The number of hydrogen-bond acceptors (Lipinski definition) is 7. The Hall–Kier alpha value is -4.20. The average molecular weight is 466 g/mol. The van der Waals surface area contributed by atoms with E-state index in [4.69, 9.17) is 14.2 Å². The van der Waals surface area contributed by atoms with Gasteiger partial charge < -0.3 is 24.4 Å². The van der Waals surface area contributed by atoms with Crippen molar-refractivity contribution in [3.05, 3.63) is 69.8 Å². The van der Waals surface area contributed by atoms with Crippen LogP contribution in [0.2, 0.25) is 0 Å². The predicted octanol–water partition coefficient (Wildman–Crippen LogP) is 6.01. The molecule has 34 heavy (non-hydrogen) atoms. The Morgan fingerprint density at radius 3 is 2.29 bits per heavy atom. The van der Waals surface area contributed by atoms with Crippen LogP contribution in [0.15, 0.2) is 54.1 Å². The molecule has 0 saturated carbocycles. The van der Waals surface area contributed by atoms with Gasteiger partial charge in [-0.25, -0.2) is 0 Å². The number of ether oxygens (including phenoxy) is 3. The van der Waals surface area contributed by atoms with E-state index in [1.54, 1.807) is 37.3 Å². The molecule has 3 rings (SSSR count). The van der Waals surface area contributed by atoms with Gasteiger partial charge in [0.05, 0.1) is 24.7 Å². The zero-order valence-corrected chi connectivity index (χ0v) is 19.7. The molecule has 0 bridgehead atoms. The van der Waals surface area contributed by atoms with E-state index in [2.05, 4.69) is 0 Å². The highest BCUT2D eigenvalue weighted by Crippen LogP contribution is 2.50. The molecule has 0 saturated heterocycles. The van der Waals surface area contributed by atoms with Crippen molar-refractivity contribution in [1.29, 1.82) is 0 Å². The predicted molar refractivity (Wildman–Crippen MR) is 130 cm³/mol. The van der Waals surface area contributed by atoms with Crippen molar-refractivity contribution in [2.24, 2.45) is 0 Å². The van der Waals surface area contributed by atoms with E-state index >= 15 is 0 Å². The van der Waals surface area contributed by atoms with Crippen molar-refractivity contribution in [2.45, 2.75) is 20.8 Å². The number of nitro benzene ring substituents is 1. The molecular formula is C26H27NO7. The van der Waals surface area contributed by atoms with E-state index in [0.29, 0.717) is 45.9 Å². The number of nitro groups is 1. The lowest BCUT2D eigenvalue weighted by atomic mass is 9.95. The Balaban J connectivity index is 2.13. The summed E-state index contributed by atoms with van der Waals surface area (Å²) in [5.74, 6) is 0.401. The Morgan fingerprint density at radius 1 is 1.00 bits per heavy atom. The van der Waals surface area contributed by atoms with E-state index in [-0.39, 0.29) is 22.9 Å². The van der Waals surface area contributed by atoms with Crippen molar-refractivity contribution in [1.82, 2.24) is 0 Å². The molecule has 0 aliphatic heterocycles. The minimum Gasteiger partial charge on any atom is -0.504 e. The molecular weight excluding hydrogens is 438 g/mol. The van der Waals surface area contributed by atoms with Crippen LogP contribution in [0.3, 0.4) is 0 Å². The summed E-state index contributed by atoms with van der Waals surface area (Å²) >= 11 is 0. The maximum absolute atomic E-state index is 11.4. The monoisotopic (exact) mass is 465 g/mol. The third kappa shape index (κ3) is 4.91. The van der Waals surface area contributed by atoms with Gasteiger partial charge in [0, 0.05) is 17.2 Å². The van der Waals surface area contributed by atoms with Crippen molar-refractivity contribution in [3.8, 4) is 51.0 Å². The zero-order chi connectivity index (χ0) is 25.0. The summed E-state index contributed by atoms with van der Waals surface area (Å²) in [5, 5.41) is 33.0. The first-order chi connectivity index (χ1) is 16.2. The van der Waals surface area contributed by atoms with Crippen molar-refractivity contribution in [2.75, 3.05) is 20.8 Å². The first-order valence-electron chi connectivity index (χ1n) is 10.5. The minimum absolute atomic E-state index is 0.0456. The van der Waals surface area contributed by atoms with Crippen LogP contribution in [0.1, 0.15) is 19.4 Å². The van der Waals surface area contributed by atoms with Gasteiger partial charge in [-0.15, -0.1) is 0 Å². The SMILES string of the molecule is COc1cc(-c2ccc(C)c([N+](=O)[O-])c2)c(OC)c(O)c1-c1ccc(OCC=C(C)C)c(O)c1. The van der Waals surface area contributed by atoms with Crippen LogP contribution < -0.4 is 14.2 Å². The van der Waals surface area contributed by atoms with Gasteiger partial charge in [0.1, 0.15) is 12.4 Å². The van der Waals surface area contributed by atoms with E-state index in [1.165, 1.54) is 26.4 Å². The molecule has 0 fully saturated rings. The van der Waals surface area contributed by atoms with Gasteiger partial charge in [0.15, 0.2) is 23.0 Å². The molecule has 0 atom stereocenters. The number of phenolic OH excluding ortho intramolecular Hbond substituents is 2. The molecule has 0 amide bonds. The number of hydrogen-bond donors (Lipinski definition) is 2. The molecule has 0 aromatic heterocycles. The number of phenols is 2. The summed E-state index contributed by atoms with van der Waals surface area (Å²) in [4.78, 5) is 11.0. The van der Waals surface area contributed by atoms with Gasteiger partial charge in [-0.1, -0.05) is 23.8 Å². The third-order valence-electron chi connectivity index (χ3n) is 5.34. The van der Waals surface area contributed by atoms with Crippen LogP contribution in [0.5, 0.6) is 28.7 Å². The van der Waals surface area contributed by atoms with Gasteiger partial charge in [-0.05, 0) is 56.2 Å². The molecule has 3 aromatic rings. The smallest absolute Gasteiger partial charge is 0.272 e. The van der Waals surface area contributed by atoms with E-state index in [0.717, 1.165) is 5.57 Å². The Morgan fingerprint density at radius 2 is 1.71 bits per heavy atom. The summed E-state index contributed by atoms with van der Waals surface area (Å²) in [6.45, 7) is 5.87. The quantitative estimate of drug-likeness (QED) is 0.238. The molecule has 8 nitrogen and oxygen atoms in total. The number of benzene rings is 3. The second-order valence-electron chi connectivity index (χ2n) is 7.92.